The van der Waals surface area contributed by atoms with Crippen molar-refractivity contribution in [3.05, 3.63) is 35.7 Å². The van der Waals surface area contributed by atoms with E-state index < -0.39 is 0 Å². The van der Waals surface area contributed by atoms with Crippen molar-refractivity contribution < 1.29 is 9.53 Å². The molecule has 0 aliphatic carbocycles. The van der Waals surface area contributed by atoms with Crippen molar-refractivity contribution in [3.63, 3.8) is 0 Å². The maximum Gasteiger partial charge on any atom is 0.257 e. The summed E-state index contributed by atoms with van der Waals surface area (Å²) in [7, 11) is 1.69. The molecule has 0 bridgehead atoms. The number of nitrogens with one attached hydrogen (secondary N) is 2. The van der Waals surface area contributed by atoms with Crippen LogP contribution in [-0.2, 0) is 11.3 Å². The maximum absolute atomic E-state index is 13.4. The topological polar surface area (TPSA) is 88.1 Å². The molecule has 4 heterocycles. The van der Waals surface area contributed by atoms with Gasteiger partial charge in [-0.15, -0.1) is 0 Å². The summed E-state index contributed by atoms with van der Waals surface area (Å²) in [5, 5.41) is 10.6. The van der Waals surface area contributed by atoms with E-state index in [4.69, 9.17) is 4.74 Å². The number of ether oxygens (including phenoxy) is 1. The van der Waals surface area contributed by atoms with Crippen LogP contribution < -0.4 is 5.32 Å². The van der Waals surface area contributed by atoms with Gasteiger partial charge in [-0.25, -0.2) is 4.98 Å². The second-order valence-electron chi connectivity index (χ2n) is 8.18. The lowest BCUT2D eigenvalue weighted by atomic mass is 9.74. The van der Waals surface area contributed by atoms with E-state index in [-0.39, 0.29) is 17.4 Å². The Kier molecular flexibility index (Phi) is 4.77. The second kappa shape index (κ2) is 7.09. The molecule has 1 amide bonds. The van der Waals surface area contributed by atoms with Gasteiger partial charge in [-0.1, -0.05) is 13.8 Å². The molecule has 2 fully saturated rings. The molecule has 4 rings (SSSR count). The number of imidazole rings is 1. The Labute approximate surface area is 159 Å². The van der Waals surface area contributed by atoms with E-state index in [1.54, 1.807) is 19.5 Å². The highest BCUT2D eigenvalue weighted by Crippen LogP contribution is 2.48. The number of methoxy groups -OCH3 is 1. The van der Waals surface area contributed by atoms with E-state index in [1.165, 1.54) is 0 Å². The van der Waals surface area contributed by atoms with Gasteiger partial charge in [-0.3, -0.25) is 9.89 Å². The van der Waals surface area contributed by atoms with Gasteiger partial charge in [0.25, 0.3) is 5.91 Å². The normalized spacial score (nSPS) is 24.2. The molecule has 2 unspecified atom stereocenters. The predicted octanol–water partition coefficient (Wildman–Crippen LogP) is 1.55. The highest BCUT2D eigenvalue weighted by Gasteiger charge is 2.51. The molecule has 146 valence electrons. The number of aromatic nitrogens is 4. The molecule has 0 spiro atoms. The molecule has 8 heteroatoms. The molecule has 8 nitrogen and oxygen atoms in total. The summed E-state index contributed by atoms with van der Waals surface area (Å²) >= 11 is 0. The van der Waals surface area contributed by atoms with Crippen LogP contribution in [0, 0.1) is 5.41 Å². The molecular formula is C19H28N6O2. The van der Waals surface area contributed by atoms with Crippen LogP contribution in [0.4, 0.5) is 0 Å². The van der Waals surface area contributed by atoms with E-state index in [2.05, 4.69) is 38.9 Å². The van der Waals surface area contributed by atoms with Crippen LogP contribution in [0.25, 0.3) is 0 Å². The minimum atomic E-state index is -0.0543. The van der Waals surface area contributed by atoms with E-state index in [9.17, 15) is 4.79 Å². The predicted molar refractivity (Wildman–Crippen MR) is 100 cm³/mol. The van der Waals surface area contributed by atoms with Gasteiger partial charge in [0.2, 0.25) is 0 Å². The van der Waals surface area contributed by atoms with Crippen molar-refractivity contribution in [2.45, 2.75) is 38.8 Å². The van der Waals surface area contributed by atoms with Gasteiger partial charge in [0.05, 0.1) is 30.1 Å². The van der Waals surface area contributed by atoms with Gasteiger partial charge in [-0.2, -0.15) is 5.10 Å². The highest BCUT2D eigenvalue weighted by atomic mass is 16.5. The Morgan fingerprint density at radius 3 is 3.00 bits per heavy atom. The minimum Gasteiger partial charge on any atom is -0.383 e. The third kappa shape index (κ3) is 3.17. The average molecular weight is 372 g/mol. The van der Waals surface area contributed by atoms with Crippen molar-refractivity contribution >= 4 is 5.91 Å². The summed E-state index contributed by atoms with van der Waals surface area (Å²) in [6.07, 6.45) is 6.46. The Morgan fingerprint density at radius 1 is 1.44 bits per heavy atom. The van der Waals surface area contributed by atoms with E-state index >= 15 is 0 Å². The third-order valence-electron chi connectivity index (χ3n) is 5.79. The molecule has 27 heavy (non-hydrogen) atoms. The summed E-state index contributed by atoms with van der Waals surface area (Å²) in [6.45, 7) is 8.30. The monoisotopic (exact) mass is 372 g/mol. The summed E-state index contributed by atoms with van der Waals surface area (Å²) < 4.78 is 7.30. The number of aromatic amines is 1. The number of hydrogen-bond donors (Lipinski definition) is 2. The Hall–Kier alpha value is -2.19. The van der Waals surface area contributed by atoms with Crippen molar-refractivity contribution in [1.29, 1.82) is 0 Å². The van der Waals surface area contributed by atoms with Crippen molar-refractivity contribution in [3.8, 4) is 0 Å². The molecule has 2 aliphatic rings. The van der Waals surface area contributed by atoms with Crippen LogP contribution in [0.5, 0.6) is 0 Å². The largest absolute Gasteiger partial charge is 0.383 e. The van der Waals surface area contributed by atoms with Crippen LogP contribution in [0.15, 0.2) is 18.6 Å². The first kappa shape index (κ1) is 18.2. The lowest BCUT2D eigenvalue weighted by Gasteiger charge is -2.53. The lowest BCUT2D eigenvalue weighted by molar-refractivity contribution is -0.0382. The van der Waals surface area contributed by atoms with Crippen LogP contribution in [0.2, 0.25) is 0 Å². The lowest BCUT2D eigenvalue weighted by Crippen LogP contribution is -2.58. The van der Waals surface area contributed by atoms with Gasteiger partial charge >= 0.3 is 0 Å². The molecule has 0 saturated carbocycles. The number of carbonyl (C=O) groups is 1. The van der Waals surface area contributed by atoms with Crippen molar-refractivity contribution in [2.75, 3.05) is 33.4 Å². The number of likely N-dealkylation sites (tertiary alicyclic amines) is 1. The molecule has 2 atom stereocenters. The average Bonchev–Trinajstić information content (AvgIpc) is 3.37. The quantitative estimate of drug-likeness (QED) is 0.803. The Morgan fingerprint density at radius 2 is 2.30 bits per heavy atom. The number of amides is 1. The van der Waals surface area contributed by atoms with E-state index in [0.717, 1.165) is 37.6 Å². The number of rotatable bonds is 6. The first-order valence-electron chi connectivity index (χ1n) is 9.58. The molecule has 0 aromatic carbocycles. The number of carbonyl (C=O) groups excluding carboxylic acids is 1. The van der Waals surface area contributed by atoms with Crippen LogP contribution in [0.1, 0.15) is 54.1 Å². The van der Waals surface area contributed by atoms with E-state index in [1.807, 2.05) is 11.1 Å². The molecule has 0 radical (unpaired) electrons. The van der Waals surface area contributed by atoms with Crippen molar-refractivity contribution in [2.24, 2.45) is 5.41 Å². The van der Waals surface area contributed by atoms with Crippen molar-refractivity contribution in [1.82, 2.24) is 30.0 Å². The second-order valence-corrected chi connectivity index (χ2v) is 8.18. The van der Waals surface area contributed by atoms with Crippen LogP contribution in [0.3, 0.4) is 0 Å². The van der Waals surface area contributed by atoms with Gasteiger partial charge in [-0.05, 0) is 13.0 Å². The zero-order valence-electron chi connectivity index (χ0n) is 16.2. The Bertz CT molecular complexity index is 805. The summed E-state index contributed by atoms with van der Waals surface area (Å²) in [5.41, 5.74) is 1.63. The molecule has 2 aromatic heterocycles. The van der Waals surface area contributed by atoms with Gasteiger partial charge < -0.3 is 19.5 Å². The standard InChI is InChI=1S/C19H28N6O2/c1-19(2)12-25(16(19)17-21-6-7-24(17)8-9-27-3)18(26)14-11-22-23-15(14)13-4-5-20-10-13/h6-7,11,13,16,20H,4-5,8-10,12H2,1-3H3,(H,22,23). The van der Waals surface area contributed by atoms with Gasteiger partial charge in [0.1, 0.15) is 5.82 Å². The minimum absolute atomic E-state index is 0.0232. The van der Waals surface area contributed by atoms with Crippen LogP contribution in [-0.4, -0.2) is 63.9 Å². The molecule has 2 aliphatic heterocycles. The molecular weight excluding hydrogens is 344 g/mol. The smallest absolute Gasteiger partial charge is 0.257 e. The molecule has 2 aromatic rings. The summed E-state index contributed by atoms with van der Waals surface area (Å²) in [5.74, 6) is 1.28. The zero-order valence-corrected chi connectivity index (χ0v) is 16.2. The fourth-order valence-corrected chi connectivity index (χ4v) is 4.38. The highest BCUT2D eigenvalue weighted by molar-refractivity contribution is 5.96. The number of H-pyrrole nitrogens is 1. The zero-order chi connectivity index (χ0) is 19.0. The fraction of sp³-hybridized carbons (Fsp3) is 0.632. The Balaban J connectivity index is 1.60. The number of hydrogen-bond acceptors (Lipinski definition) is 5. The fourth-order valence-electron chi connectivity index (χ4n) is 4.38. The maximum atomic E-state index is 13.4. The number of nitrogens with zero attached hydrogens (tertiary/aromatic N) is 4. The first-order valence-corrected chi connectivity index (χ1v) is 9.58. The van der Waals surface area contributed by atoms with Gasteiger partial charge in [0.15, 0.2) is 0 Å². The first-order chi connectivity index (χ1) is 13.0. The van der Waals surface area contributed by atoms with Gasteiger partial charge in [0, 0.05) is 50.5 Å². The molecule has 2 N–H and O–H groups in total. The van der Waals surface area contributed by atoms with E-state index in [0.29, 0.717) is 24.6 Å². The summed E-state index contributed by atoms with van der Waals surface area (Å²) in [4.78, 5) is 19.9. The summed E-state index contributed by atoms with van der Waals surface area (Å²) in [6, 6.07) is -0.0543. The molecule has 2 saturated heterocycles. The van der Waals surface area contributed by atoms with Crippen LogP contribution >= 0.6 is 0 Å². The third-order valence-corrected chi connectivity index (χ3v) is 5.79. The SMILES string of the molecule is COCCn1ccnc1C1N(C(=O)c2cn[nH]c2C2CCNC2)CC1(C)C.